The van der Waals surface area contributed by atoms with E-state index in [0.29, 0.717) is 12.0 Å². The molecule has 1 heterocycles. The summed E-state index contributed by atoms with van der Waals surface area (Å²) >= 11 is 0. The summed E-state index contributed by atoms with van der Waals surface area (Å²) < 4.78 is 11.0. The van der Waals surface area contributed by atoms with Crippen molar-refractivity contribution >= 4 is 24.8 Å². The molecule has 1 N–H and O–H groups in total. The van der Waals surface area contributed by atoms with E-state index < -0.39 is 0 Å². The fourth-order valence-electron chi connectivity index (χ4n) is 4.39. The standard InChI is InChI=1S/C24H34N2O2.2ClH/c1-4-21(20-12-13-23(27-2)24(17-20)28-3)22-18-25-14-16-26(22)15-8-11-19-9-6-5-7-10-19;;/h5-7,9-10,12-13,17,21-22,25H,4,8,11,14-16,18H2,1-3H3;2*1H. The van der Waals surface area contributed by atoms with E-state index in [1.165, 1.54) is 17.5 Å². The molecule has 0 amide bonds. The minimum atomic E-state index is 0. The zero-order chi connectivity index (χ0) is 19.8. The normalized spacial score (nSPS) is 17.4. The van der Waals surface area contributed by atoms with Gasteiger partial charge in [-0.15, -0.1) is 24.8 Å². The molecular formula is C24H36Cl2N2O2. The molecule has 0 bridgehead atoms. The quantitative estimate of drug-likeness (QED) is 0.580. The van der Waals surface area contributed by atoms with Crippen molar-refractivity contribution < 1.29 is 9.47 Å². The summed E-state index contributed by atoms with van der Waals surface area (Å²) in [5, 5.41) is 3.61. The molecular weight excluding hydrogens is 419 g/mol. The highest BCUT2D eigenvalue weighted by Crippen LogP contribution is 2.34. The Morgan fingerprint density at radius 1 is 1.03 bits per heavy atom. The largest absolute Gasteiger partial charge is 0.493 e. The van der Waals surface area contributed by atoms with Crippen LogP contribution < -0.4 is 14.8 Å². The first-order valence-corrected chi connectivity index (χ1v) is 10.5. The van der Waals surface area contributed by atoms with Crippen molar-refractivity contribution in [1.82, 2.24) is 10.2 Å². The molecule has 30 heavy (non-hydrogen) atoms. The average molecular weight is 455 g/mol. The number of benzene rings is 2. The lowest BCUT2D eigenvalue weighted by Gasteiger charge is -2.41. The van der Waals surface area contributed by atoms with Gasteiger partial charge in [-0.2, -0.15) is 0 Å². The van der Waals surface area contributed by atoms with Crippen molar-refractivity contribution in [2.75, 3.05) is 40.4 Å². The minimum absolute atomic E-state index is 0. The van der Waals surface area contributed by atoms with E-state index in [-0.39, 0.29) is 24.8 Å². The Kier molecular flexibility index (Phi) is 12.2. The molecule has 1 aliphatic heterocycles. The van der Waals surface area contributed by atoms with Crippen LogP contribution in [0, 0.1) is 0 Å². The lowest BCUT2D eigenvalue weighted by molar-refractivity contribution is 0.134. The fourth-order valence-corrected chi connectivity index (χ4v) is 4.39. The van der Waals surface area contributed by atoms with Crippen LogP contribution in [0.25, 0.3) is 0 Å². The Morgan fingerprint density at radius 3 is 2.43 bits per heavy atom. The smallest absolute Gasteiger partial charge is 0.160 e. The number of aryl methyl sites for hydroxylation is 1. The Balaban J connectivity index is 0.00000225. The van der Waals surface area contributed by atoms with E-state index >= 15 is 0 Å². The Hall–Kier alpha value is -1.46. The molecule has 6 heteroatoms. The van der Waals surface area contributed by atoms with Gasteiger partial charge in [-0.25, -0.2) is 0 Å². The van der Waals surface area contributed by atoms with Gasteiger partial charge in [-0.3, -0.25) is 4.90 Å². The molecule has 0 saturated carbocycles. The molecule has 2 unspecified atom stereocenters. The molecule has 1 fully saturated rings. The SMILES string of the molecule is CCC(c1ccc(OC)c(OC)c1)C1CNCCN1CCCc1ccccc1.Cl.Cl. The molecule has 0 aromatic heterocycles. The van der Waals surface area contributed by atoms with Crippen molar-refractivity contribution in [2.45, 2.75) is 38.1 Å². The van der Waals surface area contributed by atoms with Gasteiger partial charge in [0.25, 0.3) is 0 Å². The van der Waals surface area contributed by atoms with E-state index in [1.807, 2.05) is 6.07 Å². The Morgan fingerprint density at radius 2 is 1.77 bits per heavy atom. The van der Waals surface area contributed by atoms with Crippen LogP contribution in [-0.2, 0) is 6.42 Å². The highest BCUT2D eigenvalue weighted by molar-refractivity contribution is 5.85. The van der Waals surface area contributed by atoms with Crippen LogP contribution in [0.4, 0.5) is 0 Å². The predicted molar refractivity (Wildman–Crippen MR) is 130 cm³/mol. The van der Waals surface area contributed by atoms with Crippen LogP contribution in [0.3, 0.4) is 0 Å². The first kappa shape index (κ1) is 26.6. The van der Waals surface area contributed by atoms with Gasteiger partial charge in [0, 0.05) is 31.6 Å². The Bertz CT molecular complexity index is 730. The molecule has 4 nitrogen and oxygen atoms in total. The third kappa shape index (κ3) is 6.78. The highest BCUT2D eigenvalue weighted by atomic mass is 35.5. The van der Waals surface area contributed by atoms with Gasteiger partial charge in [0.2, 0.25) is 0 Å². The van der Waals surface area contributed by atoms with Gasteiger partial charge >= 0.3 is 0 Å². The van der Waals surface area contributed by atoms with Crippen LogP contribution in [0.15, 0.2) is 48.5 Å². The third-order valence-corrected chi connectivity index (χ3v) is 5.89. The van der Waals surface area contributed by atoms with Crippen molar-refractivity contribution in [1.29, 1.82) is 0 Å². The number of rotatable bonds is 9. The molecule has 2 atom stereocenters. The van der Waals surface area contributed by atoms with Crippen LogP contribution in [0.5, 0.6) is 11.5 Å². The second kappa shape index (κ2) is 13.8. The summed E-state index contributed by atoms with van der Waals surface area (Å²) in [5.41, 5.74) is 2.77. The monoisotopic (exact) mass is 454 g/mol. The first-order chi connectivity index (χ1) is 13.8. The molecule has 2 aromatic rings. The summed E-state index contributed by atoms with van der Waals surface area (Å²) in [6, 6.07) is 17.7. The van der Waals surface area contributed by atoms with Gasteiger partial charge in [0.15, 0.2) is 11.5 Å². The highest BCUT2D eigenvalue weighted by Gasteiger charge is 2.30. The maximum Gasteiger partial charge on any atom is 0.160 e. The molecule has 3 rings (SSSR count). The van der Waals surface area contributed by atoms with E-state index in [4.69, 9.17) is 9.47 Å². The lowest BCUT2D eigenvalue weighted by Crippen LogP contribution is -2.54. The average Bonchev–Trinajstić information content (AvgIpc) is 2.76. The van der Waals surface area contributed by atoms with Crippen molar-refractivity contribution in [3.05, 3.63) is 59.7 Å². The van der Waals surface area contributed by atoms with E-state index in [1.54, 1.807) is 14.2 Å². The maximum absolute atomic E-state index is 5.55. The fraction of sp³-hybridized carbons (Fsp3) is 0.500. The van der Waals surface area contributed by atoms with Crippen molar-refractivity contribution in [3.8, 4) is 11.5 Å². The Labute approximate surface area is 194 Å². The number of hydrogen-bond donors (Lipinski definition) is 1. The van der Waals surface area contributed by atoms with E-state index in [0.717, 1.165) is 50.5 Å². The summed E-state index contributed by atoms with van der Waals surface area (Å²) in [6.45, 7) is 6.66. The lowest BCUT2D eigenvalue weighted by atomic mass is 9.86. The van der Waals surface area contributed by atoms with Gasteiger partial charge in [-0.05, 0) is 49.1 Å². The second-order valence-electron chi connectivity index (χ2n) is 7.53. The van der Waals surface area contributed by atoms with E-state index in [9.17, 15) is 0 Å². The number of hydrogen-bond acceptors (Lipinski definition) is 4. The first-order valence-electron chi connectivity index (χ1n) is 10.5. The zero-order valence-electron chi connectivity index (χ0n) is 18.3. The number of nitrogens with zero attached hydrogens (tertiary/aromatic N) is 1. The summed E-state index contributed by atoms with van der Waals surface area (Å²) in [7, 11) is 3.40. The third-order valence-electron chi connectivity index (χ3n) is 5.89. The molecule has 1 saturated heterocycles. The number of piperazine rings is 1. The molecule has 2 aromatic carbocycles. The topological polar surface area (TPSA) is 33.7 Å². The van der Waals surface area contributed by atoms with Crippen molar-refractivity contribution in [2.24, 2.45) is 0 Å². The molecule has 0 radical (unpaired) electrons. The summed E-state index contributed by atoms with van der Waals surface area (Å²) in [5.74, 6) is 2.09. The summed E-state index contributed by atoms with van der Waals surface area (Å²) in [4.78, 5) is 2.68. The van der Waals surface area contributed by atoms with Gasteiger partial charge < -0.3 is 14.8 Å². The minimum Gasteiger partial charge on any atom is -0.493 e. The zero-order valence-corrected chi connectivity index (χ0v) is 19.9. The van der Waals surface area contributed by atoms with Crippen LogP contribution in [0.1, 0.15) is 36.8 Å². The number of methoxy groups -OCH3 is 2. The number of halogens is 2. The van der Waals surface area contributed by atoms with Gasteiger partial charge in [0.1, 0.15) is 0 Å². The second-order valence-corrected chi connectivity index (χ2v) is 7.53. The molecule has 0 spiro atoms. The van der Waals surface area contributed by atoms with Crippen molar-refractivity contribution in [3.63, 3.8) is 0 Å². The van der Waals surface area contributed by atoms with Gasteiger partial charge in [0.05, 0.1) is 14.2 Å². The van der Waals surface area contributed by atoms with Crippen LogP contribution in [0.2, 0.25) is 0 Å². The van der Waals surface area contributed by atoms with Crippen LogP contribution in [-0.4, -0.2) is 51.3 Å². The molecule has 168 valence electrons. The molecule has 0 aliphatic carbocycles. The maximum atomic E-state index is 5.55. The van der Waals surface area contributed by atoms with E-state index in [2.05, 4.69) is 59.6 Å². The number of nitrogens with one attached hydrogen (secondary N) is 1. The van der Waals surface area contributed by atoms with Gasteiger partial charge in [-0.1, -0.05) is 43.3 Å². The predicted octanol–water partition coefficient (Wildman–Crippen LogP) is 4.95. The number of ether oxygens (including phenoxy) is 2. The summed E-state index contributed by atoms with van der Waals surface area (Å²) in [6.07, 6.45) is 3.45. The molecule has 1 aliphatic rings. The van der Waals surface area contributed by atoms with Crippen LogP contribution >= 0.6 is 24.8 Å².